The number of fused-ring (bicyclic) bond motifs is 1. The van der Waals surface area contributed by atoms with Gasteiger partial charge in [-0.25, -0.2) is 4.68 Å². The molecule has 3 heterocycles. The summed E-state index contributed by atoms with van der Waals surface area (Å²) >= 11 is 0. The highest BCUT2D eigenvalue weighted by molar-refractivity contribution is 6.05. The molecule has 1 aliphatic rings. The van der Waals surface area contributed by atoms with E-state index < -0.39 is 0 Å². The van der Waals surface area contributed by atoms with Crippen molar-refractivity contribution < 1.29 is 9.63 Å². The van der Waals surface area contributed by atoms with E-state index in [0.717, 1.165) is 22.7 Å². The Kier molecular flexibility index (Phi) is 4.65. The van der Waals surface area contributed by atoms with Gasteiger partial charge >= 0.3 is 0 Å². The molecule has 0 saturated heterocycles. The monoisotopic (exact) mass is 361 g/mol. The number of nitrogens with zero attached hydrogens (tertiary/aromatic N) is 5. The Morgan fingerprint density at radius 3 is 2.81 bits per heavy atom. The Morgan fingerprint density at radius 1 is 1.22 bits per heavy atom. The van der Waals surface area contributed by atoms with Gasteiger partial charge in [0.15, 0.2) is 0 Å². The minimum Gasteiger partial charge on any atom is -0.399 e. The standard InChI is InChI=1S/C20H19N5O2/c1-27-23-19(15-6-3-2-4-7-15)14-24-11-9-18-17(20(24)26)13-25(22-18)16-8-5-10-21-12-16/h2-8,10,12-13H,9,11,14H2,1H3/b23-19-. The highest BCUT2D eigenvalue weighted by atomic mass is 16.6. The first-order valence-corrected chi connectivity index (χ1v) is 8.70. The summed E-state index contributed by atoms with van der Waals surface area (Å²) in [6, 6.07) is 13.5. The number of pyridine rings is 1. The van der Waals surface area contributed by atoms with Gasteiger partial charge in [0.1, 0.15) is 12.8 Å². The van der Waals surface area contributed by atoms with E-state index in [4.69, 9.17) is 4.84 Å². The summed E-state index contributed by atoms with van der Waals surface area (Å²) in [5.74, 6) is -0.0499. The molecular formula is C20H19N5O2. The van der Waals surface area contributed by atoms with Crippen LogP contribution in [0.2, 0.25) is 0 Å². The van der Waals surface area contributed by atoms with Gasteiger partial charge in [-0.3, -0.25) is 9.78 Å². The second-order valence-corrected chi connectivity index (χ2v) is 6.21. The third-order valence-corrected chi connectivity index (χ3v) is 4.49. The lowest BCUT2D eigenvalue weighted by Gasteiger charge is -2.26. The average molecular weight is 361 g/mol. The summed E-state index contributed by atoms with van der Waals surface area (Å²) < 4.78 is 1.71. The van der Waals surface area contributed by atoms with Gasteiger partial charge < -0.3 is 9.74 Å². The quantitative estimate of drug-likeness (QED) is 0.516. The van der Waals surface area contributed by atoms with Gasteiger partial charge in [0.05, 0.1) is 29.7 Å². The maximum absolute atomic E-state index is 13.0. The number of aromatic nitrogens is 3. The summed E-state index contributed by atoms with van der Waals surface area (Å²) in [6.45, 7) is 0.972. The molecule has 1 aliphatic heterocycles. The number of hydrogen-bond acceptors (Lipinski definition) is 5. The van der Waals surface area contributed by atoms with Crippen molar-refractivity contribution in [2.75, 3.05) is 20.2 Å². The molecule has 2 aromatic heterocycles. The summed E-state index contributed by atoms with van der Waals surface area (Å²) in [5, 5.41) is 8.68. The van der Waals surface area contributed by atoms with Crippen LogP contribution in [-0.2, 0) is 11.3 Å². The number of carbonyl (C=O) groups excluding carboxylic acids is 1. The molecule has 3 aromatic rings. The lowest BCUT2D eigenvalue weighted by atomic mass is 10.1. The molecule has 7 heteroatoms. The van der Waals surface area contributed by atoms with Crippen LogP contribution in [0.5, 0.6) is 0 Å². The smallest absolute Gasteiger partial charge is 0.257 e. The predicted octanol–water partition coefficient (Wildman–Crippen LogP) is 2.32. The van der Waals surface area contributed by atoms with E-state index in [1.54, 1.807) is 28.2 Å². The van der Waals surface area contributed by atoms with Crippen molar-refractivity contribution in [3.05, 3.63) is 77.9 Å². The molecule has 0 fully saturated rings. The van der Waals surface area contributed by atoms with Gasteiger partial charge in [0.25, 0.3) is 5.91 Å². The molecule has 7 nitrogen and oxygen atoms in total. The second kappa shape index (κ2) is 7.41. The zero-order valence-corrected chi connectivity index (χ0v) is 14.9. The molecular weight excluding hydrogens is 342 g/mol. The van der Waals surface area contributed by atoms with Crippen molar-refractivity contribution in [2.45, 2.75) is 6.42 Å². The van der Waals surface area contributed by atoms with Crippen LogP contribution < -0.4 is 0 Å². The van der Waals surface area contributed by atoms with Gasteiger partial charge in [0, 0.05) is 30.9 Å². The van der Waals surface area contributed by atoms with E-state index in [-0.39, 0.29) is 5.91 Å². The van der Waals surface area contributed by atoms with Gasteiger partial charge in [-0.15, -0.1) is 0 Å². The number of amides is 1. The number of rotatable bonds is 5. The molecule has 1 aromatic carbocycles. The molecule has 27 heavy (non-hydrogen) atoms. The summed E-state index contributed by atoms with van der Waals surface area (Å²) in [6.07, 6.45) is 5.90. The zero-order chi connectivity index (χ0) is 18.6. The molecule has 136 valence electrons. The van der Waals surface area contributed by atoms with Crippen molar-refractivity contribution in [1.82, 2.24) is 19.7 Å². The van der Waals surface area contributed by atoms with Gasteiger partial charge in [-0.2, -0.15) is 5.10 Å². The lowest BCUT2D eigenvalue weighted by molar-refractivity contribution is 0.0763. The number of benzene rings is 1. The SMILES string of the molecule is CO/N=C(/CN1CCc2nn(-c3cccnc3)cc2C1=O)c1ccccc1. The molecule has 1 amide bonds. The van der Waals surface area contributed by atoms with Crippen LogP contribution in [-0.4, -0.2) is 51.5 Å². The van der Waals surface area contributed by atoms with Crippen molar-refractivity contribution in [1.29, 1.82) is 0 Å². The van der Waals surface area contributed by atoms with Crippen molar-refractivity contribution in [3.8, 4) is 5.69 Å². The normalized spacial score (nSPS) is 14.2. The highest BCUT2D eigenvalue weighted by Gasteiger charge is 2.28. The molecule has 0 atom stereocenters. The van der Waals surface area contributed by atoms with E-state index >= 15 is 0 Å². The van der Waals surface area contributed by atoms with E-state index in [2.05, 4.69) is 15.2 Å². The Morgan fingerprint density at radius 2 is 2.07 bits per heavy atom. The Hall–Kier alpha value is -3.48. The number of hydrogen-bond donors (Lipinski definition) is 0. The van der Waals surface area contributed by atoms with Crippen LogP contribution >= 0.6 is 0 Å². The van der Waals surface area contributed by atoms with E-state index in [9.17, 15) is 4.79 Å². The highest BCUT2D eigenvalue weighted by Crippen LogP contribution is 2.20. The first-order valence-electron chi connectivity index (χ1n) is 8.70. The maximum Gasteiger partial charge on any atom is 0.257 e. The van der Waals surface area contributed by atoms with Crippen LogP contribution in [0.1, 0.15) is 21.6 Å². The minimum absolute atomic E-state index is 0.0499. The van der Waals surface area contributed by atoms with Crippen molar-refractivity contribution in [3.63, 3.8) is 0 Å². The number of oxime groups is 1. The largest absolute Gasteiger partial charge is 0.399 e. The zero-order valence-electron chi connectivity index (χ0n) is 14.9. The topological polar surface area (TPSA) is 72.6 Å². The Bertz CT molecular complexity index is 967. The molecule has 0 aliphatic carbocycles. The molecule has 0 unspecified atom stereocenters. The maximum atomic E-state index is 13.0. The van der Waals surface area contributed by atoms with E-state index in [0.29, 0.717) is 25.1 Å². The third kappa shape index (κ3) is 3.44. The molecule has 4 rings (SSSR count). The van der Waals surface area contributed by atoms with E-state index in [1.165, 1.54) is 7.11 Å². The Balaban J connectivity index is 1.58. The van der Waals surface area contributed by atoms with Crippen molar-refractivity contribution >= 4 is 11.6 Å². The summed E-state index contributed by atoms with van der Waals surface area (Å²) in [5.41, 5.74) is 3.91. The fourth-order valence-electron chi connectivity index (χ4n) is 3.15. The molecule has 0 N–H and O–H groups in total. The van der Waals surface area contributed by atoms with Gasteiger partial charge in [-0.05, 0) is 12.1 Å². The summed E-state index contributed by atoms with van der Waals surface area (Å²) in [4.78, 5) is 23.9. The van der Waals surface area contributed by atoms with Gasteiger partial charge in [-0.1, -0.05) is 35.5 Å². The molecule has 0 bridgehead atoms. The first kappa shape index (κ1) is 17.0. The average Bonchev–Trinajstić information content (AvgIpc) is 3.16. The Labute approximate surface area is 156 Å². The first-order chi connectivity index (χ1) is 13.3. The van der Waals surface area contributed by atoms with Crippen LogP contribution in [0.3, 0.4) is 0 Å². The second-order valence-electron chi connectivity index (χ2n) is 6.21. The molecule has 0 spiro atoms. The van der Waals surface area contributed by atoms with Crippen LogP contribution in [0, 0.1) is 0 Å². The van der Waals surface area contributed by atoms with Gasteiger partial charge in [0.2, 0.25) is 0 Å². The van der Waals surface area contributed by atoms with Crippen LogP contribution in [0.25, 0.3) is 5.69 Å². The third-order valence-electron chi connectivity index (χ3n) is 4.49. The fourth-order valence-corrected chi connectivity index (χ4v) is 3.15. The van der Waals surface area contributed by atoms with E-state index in [1.807, 2.05) is 42.5 Å². The van der Waals surface area contributed by atoms with Crippen LogP contribution in [0.15, 0.2) is 66.2 Å². The fraction of sp³-hybridized carbons (Fsp3) is 0.200. The predicted molar refractivity (Wildman–Crippen MR) is 101 cm³/mol. The minimum atomic E-state index is -0.0499. The van der Waals surface area contributed by atoms with Crippen LogP contribution in [0.4, 0.5) is 0 Å². The number of carbonyl (C=O) groups is 1. The molecule has 0 radical (unpaired) electrons. The lowest BCUT2D eigenvalue weighted by Crippen LogP contribution is -2.40. The molecule has 0 saturated carbocycles. The van der Waals surface area contributed by atoms with Crippen molar-refractivity contribution in [2.24, 2.45) is 5.16 Å². The summed E-state index contributed by atoms with van der Waals surface area (Å²) in [7, 11) is 1.51.